The Balaban J connectivity index is 2.44. The molecular weight excluding hydrogens is 725 g/mol. The van der Waals surface area contributed by atoms with Gasteiger partial charge in [-0.05, 0) is 57.8 Å². The molecule has 1 saturated heterocycles. The van der Waals surface area contributed by atoms with Crippen LogP contribution in [0, 0.1) is 0 Å². The van der Waals surface area contributed by atoms with E-state index in [1.165, 1.54) is 89.5 Å². The summed E-state index contributed by atoms with van der Waals surface area (Å²) in [6.07, 6.45) is 39.7. The third-order valence-electron chi connectivity index (χ3n) is 9.67. The van der Waals surface area contributed by atoms with Crippen LogP contribution in [0.4, 0.5) is 0 Å². The molecule has 0 spiro atoms. The molecule has 1 rings (SSSR count). The summed E-state index contributed by atoms with van der Waals surface area (Å²) in [4.78, 5) is 25.2. The van der Waals surface area contributed by atoms with Gasteiger partial charge in [0, 0.05) is 12.5 Å². The van der Waals surface area contributed by atoms with Crippen LogP contribution < -0.4 is 0 Å². The van der Waals surface area contributed by atoms with E-state index in [2.05, 4.69) is 56.4 Å². The molecule has 0 radical (unpaired) electrons. The molecular formula is C47H78O10. The maximum Gasteiger partial charge on any atom is 0.331 e. The van der Waals surface area contributed by atoms with Crippen molar-refractivity contribution >= 4 is 11.9 Å². The number of hydrogen-bond donors (Lipinski definition) is 4. The van der Waals surface area contributed by atoms with Crippen molar-refractivity contribution in [1.82, 2.24) is 0 Å². The van der Waals surface area contributed by atoms with Crippen molar-refractivity contribution in [3.63, 3.8) is 0 Å². The molecule has 10 nitrogen and oxygen atoms in total. The van der Waals surface area contributed by atoms with Gasteiger partial charge >= 0.3 is 11.9 Å². The third-order valence-corrected chi connectivity index (χ3v) is 9.67. The summed E-state index contributed by atoms with van der Waals surface area (Å²) in [5.41, 5.74) is 0. The van der Waals surface area contributed by atoms with E-state index in [0.29, 0.717) is 12.8 Å². The minimum atomic E-state index is -1.62. The molecule has 0 aromatic carbocycles. The van der Waals surface area contributed by atoms with E-state index in [4.69, 9.17) is 18.9 Å². The van der Waals surface area contributed by atoms with Crippen LogP contribution in [-0.4, -0.2) is 89.0 Å². The number of esters is 2. The van der Waals surface area contributed by atoms with Crippen molar-refractivity contribution in [1.29, 1.82) is 0 Å². The number of unbranched alkanes of at least 4 members (excludes halogenated alkanes) is 15. The van der Waals surface area contributed by atoms with Crippen LogP contribution in [0.15, 0.2) is 72.9 Å². The minimum absolute atomic E-state index is 0.177. The van der Waals surface area contributed by atoms with Gasteiger partial charge in [0.15, 0.2) is 12.4 Å². The fraction of sp³-hybridized carbons (Fsp3) is 0.702. The van der Waals surface area contributed by atoms with Crippen LogP contribution in [0.5, 0.6) is 0 Å². The SMILES string of the molecule is CCCCC/C=C/C/C=C/C/C=C/C/C=C/CCCC(=O)OC[C@@H](CO[C@H]1O[C@@H](CO)[C@@H](O)C(O)C1O)OC(=O)/C=C/C=C/CCCCCCCCCCCCC. The maximum absolute atomic E-state index is 12.6. The third kappa shape index (κ3) is 29.1. The summed E-state index contributed by atoms with van der Waals surface area (Å²) >= 11 is 0. The number of carbonyl (C=O) groups is 2. The van der Waals surface area contributed by atoms with Gasteiger partial charge in [0.05, 0.1) is 13.2 Å². The Kier molecular flexibility index (Phi) is 34.2. The fourth-order valence-electron chi connectivity index (χ4n) is 6.15. The van der Waals surface area contributed by atoms with E-state index >= 15 is 0 Å². The molecule has 326 valence electrons. The lowest BCUT2D eigenvalue weighted by molar-refractivity contribution is -0.305. The normalized spacial score (nSPS) is 21.0. The Labute approximate surface area is 344 Å². The van der Waals surface area contributed by atoms with Crippen molar-refractivity contribution in [2.75, 3.05) is 19.8 Å². The summed E-state index contributed by atoms with van der Waals surface area (Å²) in [5.74, 6) is -1.13. The predicted octanol–water partition coefficient (Wildman–Crippen LogP) is 9.22. The first-order valence-electron chi connectivity index (χ1n) is 22.0. The van der Waals surface area contributed by atoms with E-state index in [9.17, 15) is 30.0 Å². The van der Waals surface area contributed by atoms with Crippen LogP contribution in [0.3, 0.4) is 0 Å². The van der Waals surface area contributed by atoms with Gasteiger partial charge in [-0.2, -0.15) is 0 Å². The van der Waals surface area contributed by atoms with Crippen molar-refractivity contribution in [3.05, 3.63) is 72.9 Å². The highest BCUT2D eigenvalue weighted by Crippen LogP contribution is 2.22. The van der Waals surface area contributed by atoms with Crippen LogP contribution in [0.1, 0.15) is 155 Å². The molecule has 0 amide bonds. The molecule has 2 unspecified atom stereocenters. The van der Waals surface area contributed by atoms with Gasteiger partial charge in [-0.25, -0.2) is 4.79 Å². The first-order valence-corrected chi connectivity index (χ1v) is 22.0. The standard InChI is InChI=1S/C47H78O10/c1-3-5-7-9-11-13-15-17-19-20-22-23-25-27-29-31-33-35-42(49)54-38-40(39-55-47-46(53)45(52)44(51)41(37-48)57-47)56-43(50)36-34-32-30-28-26-24-21-18-16-14-12-10-8-6-4-2/h11,13,17,19,22-23,27,29-30,32,34,36,40-41,44-48,51-53H,3-10,12,14-16,18,20-21,24-26,28,31,33,35,37-39H2,1-2H3/b13-11+,19-17+,23-22+,29-27+,32-30+,36-34+/t40-,41-,44+,45?,46?,47-/m0/s1. The van der Waals surface area contributed by atoms with Gasteiger partial charge in [0.25, 0.3) is 0 Å². The first kappa shape index (κ1) is 52.2. The smallest absolute Gasteiger partial charge is 0.331 e. The topological polar surface area (TPSA) is 152 Å². The van der Waals surface area contributed by atoms with Gasteiger partial charge in [-0.15, -0.1) is 0 Å². The Morgan fingerprint density at radius 3 is 1.70 bits per heavy atom. The molecule has 0 aromatic rings. The lowest BCUT2D eigenvalue weighted by Gasteiger charge is -2.39. The monoisotopic (exact) mass is 803 g/mol. The second-order valence-electron chi connectivity index (χ2n) is 14.9. The van der Waals surface area contributed by atoms with Gasteiger partial charge in [0.1, 0.15) is 31.0 Å². The van der Waals surface area contributed by atoms with Crippen molar-refractivity contribution in [3.8, 4) is 0 Å². The number of aliphatic hydroxyl groups excluding tert-OH is 4. The second-order valence-corrected chi connectivity index (χ2v) is 14.9. The highest BCUT2D eigenvalue weighted by Gasteiger charge is 2.44. The highest BCUT2D eigenvalue weighted by molar-refractivity contribution is 5.82. The van der Waals surface area contributed by atoms with E-state index < -0.39 is 55.4 Å². The Morgan fingerprint density at radius 1 is 0.596 bits per heavy atom. The lowest BCUT2D eigenvalue weighted by atomic mass is 9.99. The van der Waals surface area contributed by atoms with Crippen molar-refractivity contribution in [2.45, 2.75) is 192 Å². The molecule has 0 saturated carbocycles. The van der Waals surface area contributed by atoms with E-state index in [1.807, 2.05) is 12.2 Å². The molecule has 0 bridgehead atoms. The van der Waals surface area contributed by atoms with Gasteiger partial charge < -0.3 is 39.4 Å². The molecule has 1 aliphatic heterocycles. The van der Waals surface area contributed by atoms with Crippen LogP contribution in [0.25, 0.3) is 0 Å². The quantitative estimate of drug-likeness (QED) is 0.0161. The summed E-state index contributed by atoms with van der Waals surface area (Å²) in [7, 11) is 0. The summed E-state index contributed by atoms with van der Waals surface area (Å²) in [5, 5.41) is 40.0. The molecule has 1 fully saturated rings. The first-order chi connectivity index (χ1) is 27.8. The number of ether oxygens (including phenoxy) is 4. The summed E-state index contributed by atoms with van der Waals surface area (Å²) < 4.78 is 21.9. The molecule has 1 aliphatic rings. The second kappa shape index (κ2) is 37.4. The Morgan fingerprint density at radius 2 is 1.11 bits per heavy atom. The summed E-state index contributed by atoms with van der Waals surface area (Å²) in [6.45, 7) is 3.21. The zero-order valence-corrected chi connectivity index (χ0v) is 35.3. The molecule has 0 aromatic heterocycles. The van der Waals surface area contributed by atoms with Gasteiger partial charge in [0.2, 0.25) is 0 Å². The lowest BCUT2D eigenvalue weighted by Crippen LogP contribution is -2.59. The molecule has 6 atom stereocenters. The average Bonchev–Trinajstić information content (AvgIpc) is 3.21. The van der Waals surface area contributed by atoms with E-state index in [0.717, 1.165) is 38.5 Å². The molecule has 0 aliphatic carbocycles. The number of hydrogen-bond acceptors (Lipinski definition) is 10. The van der Waals surface area contributed by atoms with Crippen molar-refractivity contribution < 1.29 is 49.0 Å². The minimum Gasteiger partial charge on any atom is -0.462 e. The Hall–Kier alpha value is -2.86. The van der Waals surface area contributed by atoms with Gasteiger partial charge in [-0.3, -0.25) is 4.79 Å². The fourth-order valence-corrected chi connectivity index (χ4v) is 6.15. The molecule has 57 heavy (non-hydrogen) atoms. The van der Waals surface area contributed by atoms with Crippen LogP contribution >= 0.6 is 0 Å². The van der Waals surface area contributed by atoms with Crippen LogP contribution in [-0.2, 0) is 28.5 Å². The zero-order valence-electron chi connectivity index (χ0n) is 35.3. The van der Waals surface area contributed by atoms with E-state index in [1.54, 1.807) is 12.2 Å². The van der Waals surface area contributed by atoms with Gasteiger partial charge in [-0.1, -0.05) is 158 Å². The van der Waals surface area contributed by atoms with E-state index in [-0.39, 0.29) is 19.6 Å². The number of carbonyl (C=O) groups excluding carboxylic acids is 2. The Bertz CT molecular complexity index is 1160. The van der Waals surface area contributed by atoms with Crippen LogP contribution in [0.2, 0.25) is 0 Å². The molecule has 10 heteroatoms. The zero-order chi connectivity index (χ0) is 41.6. The predicted molar refractivity (Wildman–Crippen MR) is 228 cm³/mol. The van der Waals surface area contributed by atoms with Crippen molar-refractivity contribution in [2.24, 2.45) is 0 Å². The number of rotatable bonds is 35. The largest absolute Gasteiger partial charge is 0.462 e. The average molecular weight is 803 g/mol. The number of allylic oxidation sites excluding steroid dienone is 11. The summed E-state index contributed by atoms with van der Waals surface area (Å²) in [6, 6.07) is 0. The molecule has 1 heterocycles. The highest BCUT2D eigenvalue weighted by atomic mass is 16.7. The maximum atomic E-state index is 12.6. The number of aliphatic hydroxyl groups is 4. The molecule has 4 N–H and O–H groups in total.